The van der Waals surface area contributed by atoms with Crippen molar-refractivity contribution in [2.45, 2.75) is 45.3 Å². The summed E-state index contributed by atoms with van der Waals surface area (Å²) in [6.07, 6.45) is 8.26. The van der Waals surface area contributed by atoms with Gasteiger partial charge in [0.25, 0.3) is 0 Å². The second kappa shape index (κ2) is 8.10. The van der Waals surface area contributed by atoms with Gasteiger partial charge in [-0.3, -0.25) is 4.98 Å². The van der Waals surface area contributed by atoms with Gasteiger partial charge in [-0.05, 0) is 44.4 Å². The van der Waals surface area contributed by atoms with Gasteiger partial charge in [0.2, 0.25) is 0 Å². The predicted octanol–water partition coefficient (Wildman–Crippen LogP) is 2.58. The minimum Gasteiger partial charge on any atom is -0.376 e. The molecule has 0 saturated carbocycles. The first kappa shape index (κ1) is 17.4. The van der Waals surface area contributed by atoms with Crippen LogP contribution in [0.5, 0.6) is 0 Å². The van der Waals surface area contributed by atoms with Crippen molar-refractivity contribution in [3.8, 4) is 11.4 Å². The van der Waals surface area contributed by atoms with E-state index in [9.17, 15) is 0 Å². The molecule has 2 aliphatic rings. The smallest absolute Gasteiger partial charge is 0.163 e. The van der Waals surface area contributed by atoms with Gasteiger partial charge in [0, 0.05) is 49.8 Å². The molecular weight excluding hydrogens is 326 g/mol. The monoisotopic (exact) mass is 353 g/mol. The van der Waals surface area contributed by atoms with Crippen LogP contribution in [0.2, 0.25) is 0 Å². The normalized spacial score (nSPS) is 20.0. The van der Waals surface area contributed by atoms with Crippen LogP contribution in [0, 0.1) is 0 Å². The number of ether oxygens (including phenoxy) is 1. The fourth-order valence-electron chi connectivity index (χ4n) is 3.78. The summed E-state index contributed by atoms with van der Waals surface area (Å²) in [7, 11) is 0. The Bertz CT molecular complexity index is 736. The van der Waals surface area contributed by atoms with Gasteiger partial charge in [0.1, 0.15) is 5.82 Å². The van der Waals surface area contributed by atoms with Crippen molar-refractivity contribution < 1.29 is 4.74 Å². The number of pyridine rings is 1. The minimum absolute atomic E-state index is 0.304. The van der Waals surface area contributed by atoms with Crippen LogP contribution in [-0.4, -0.2) is 47.3 Å². The number of hydrogen-bond acceptors (Lipinski definition) is 6. The van der Waals surface area contributed by atoms with Crippen molar-refractivity contribution in [3.63, 3.8) is 0 Å². The third-order valence-corrected chi connectivity index (χ3v) is 5.07. The summed E-state index contributed by atoms with van der Waals surface area (Å²) in [6, 6.07) is 3.96. The molecular formula is C20H27N5O. The Morgan fingerprint density at radius 3 is 3.15 bits per heavy atom. The van der Waals surface area contributed by atoms with Gasteiger partial charge in [-0.25, -0.2) is 9.97 Å². The van der Waals surface area contributed by atoms with Gasteiger partial charge in [-0.1, -0.05) is 6.92 Å². The number of anilines is 1. The minimum atomic E-state index is 0.304. The molecule has 4 rings (SSSR count). The lowest BCUT2D eigenvalue weighted by molar-refractivity contribution is 0.0439. The highest BCUT2D eigenvalue weighted by atomic mass is 16.5. The van der Waals surface area contributed by atoms with E-state index in [2.05, 4.69) is 22.1 Å². The van der Waals surface area contributed by atoms with E-state index in [-0.39, 0.29) is 0 Å². The first-order chi connectivity index (χ1) is 12.8. The Kier molecular flexibility index (Phi) is 5.41. The van der Waals surface area contributed by atoms with Crippen LogP contribution in [0.15, 0.2) is 24.5 Å². The molecule has 4 heterocycles. The maximum Gasteiger partial charge on any atom is 0.163 e. The Hall–Kier alpha value is -2.05. The summed E-state index contributed by atoms with van der Waals surface area (Å²) in [4.78, 5) is 16.5. The number of aromatic nitrogens is 3. The zero-order chi connectivity index (χ0) is 17.8. The van der Waals surface area contributed by atoms with Crippen LogP contribution >= 0.6 is 0 Å². The third-order valence-electron chi connectivity index (χ3n) is 5.07. The maximum atomic E-state index is 6.04. The molecule has 26 heavy (non-hydrogen) atoms. The molecule has 0 unspecified atom stereocenters. The van der Waals surface area contributed by atoms with Crippen molar-refractivity contribution >= 4 is 5.82 Å². The number of nitrogens with zero attached hydrogens (tertiary/aromatic N) is 4. The molecule has 2 aromatic rings. The van der Waals surface area contributed by atoms with Gasteiger partial charge < -0.3 is 15.0 Å². The van der Waals surface area contributed by atoms with Crippen LogP contribution in [0.25, 0.3) is 11.4 Å². The highest BCUT2D eigenvalue weighted by molar-refractivity contribution is 5.60. The standard InChI is InChI=1S/C20H27N5O/c1-2-11-26-16-6-4-10-25(14-16)20-17-7-9-22-13-18(17)23-19(24-20)15-5-3-8-21-12-15/h3,5,8,12,16,22H,2,4,6-7,9-11,13-14H2,1H3/t16-/m0/s1. The highest BCUT2D eigenvalue weighted by Crippen LogP contribution is 2.29. The summed E-state index contributed by atoms with van der Waals surface area (Å²) < 4.78 is 6.04. The molecule has 2 aliphatic heterocycles. The average molecular weight is 353 g/mol. The first-order valence-electron chi connectivity index (χ1n) is 9.72. The van der Waals surface area contributed by atoms with Crippen molar-refractivity contribution in [2.24, 2.45) is 0 Å². The molecule has 0 spiro atoms. The lowest BCUT2D eigenvalue weighted by Crippen LogP contribution is -2.41. The Morgan fingerprint density at radius 2 is 2.31 bits per heavy atom. The van der Waals surface area contributed by atoms with Gasteiger partial charge in [0.15, 0.2) is 5.82 Å². The van der Waals surface area contributed by atoms with E-state index in [1.807, 2.05) is 18.3 Å². The topological polar surface area (TPSA) is 63.2 Å². The van der Waals surface area contributed by atoms with E-state index in [1.54, 1.807) is 6.20 Å². The number of fused-ring (bicyclic) bond motifs is 1. The lowest BCUT2D eigenvalue weighted by atomic mass is 10.0. The van der Waals surface area contributed by atoms with E-state index < -0.39 is 0 Å². The van der Waals surface area contributed by atoms with E-state index in [4.69, 9.17) is 14.7 Å². The van der Waals surface area contributed by atoms with Crippen LogP contribution in [-0.2, 0) is 17.7 Å². The molecule has 138 valence electrons. The largest absolute Gasteiger partial charge is 0.376 e. The Morgan fingerprint density at radius 1 is 1.35 bits per heavy atom. The number of piperidine rings is 1. The number of nitrogens with one attached hydrogen (secondary N) is 1. The van der Waals surface area contributed by atoms with E-state index >= 15 is 0 Å². The SMILES string of the molecule is CCCO[C@H]1CCCN(c2nc(-c3cccnc3)nc3c2CCNC3)C1. The van der Waals surface area contributed by atoms with Gasteiger partial charge in [-0.2, -0.15) is 0 Å². The second-order valence-electron chi connectivity index (χ2n) is 7.05. The molecule has 0 bridgehead atoms. The molecule has 6 heteroatoms. The average Bonchev–Trinajstić information content (AvgIpc) is 2.72. The summed E-state index contributed by atoms with van der Waals surface area (Å²) in [5.74, 6) is 1.87. The fourth-order valence-corrected chi connectivity index (χ4v) is 3.78. The quantitative estimate of drug-likeness (QED) is 0.891. The first-order valence-corrected chi connectivity index (χ1v) is 9.72. The van der Waals surface area contributed by atoms with Gasteiger partial charge >= 0.3 is 0 Å². The number of hydrogen-bond donors (Lipinski definition) is 1. The van der Waals surface area contributed by atoms with E-state index in [0.717, 1.165) is 81.4 Å². The van der Waals surface area contributed by atoms with Gasteiger partial charge in [-0.15, -0.1) is 0 Å². The summed E-state index contributed by atoms with van der Waals surface area (Å²) in [6.45, 7) is 6.75. The molecule has 0 radical (unpaired) electrons. The summed E-state index contributed by atoms with van der Waals surface area (Å²) >= 11 is 0. The van der Waals surface area contributed by atoms with Crippen molar-refractivity contribution in [2.75, 3.05) is 31.1 Å². The van der Waals surface area contributed by atoms with Crippen LogP contribution in [0.4, 0.5) is 5.82 Å². The number of rotatable bonds is 5. The molecule has 1 atom stereocenters. The molecule has 2 aromatic heterocycles. The molecule has 1 N–H and O–H groups in total. The Labute approximate surface area is 155 Å². The molecule has 1 saturated heterocycles. The predicted molar refractivity (Wildman–Crippen MR) is 102 cm³/mol. The molecule has 0 aliphatic carbocycles. The zero-order valence-electron chi connectivity index (χ0n) is 15.4. The van der Waals surface area contributed by atoms with Crippen LogP contribution in [0.3, 0.4) is 0 Å². The van der Waals surface area contributed by atoms with Gasteiger partial charge in [0.05, 0.1) is 11.8 Å². The van der Waals surface area contributed by atoms with Crippen molar-refractivity contribution in [1.82, 2.24) is 20.3 Å². The van der Waals surface area contributed by atoms with E-state index in [1.165, 1.54) is 5.56 Å². The van der Waals surface area contributed by atoms with Crippen LogP contribution in [0.1, 0.15) is 37.4 Å². The zero-order valence-corrected chi connectivity index (χ0v) is 15.4. The lowest BCUT2D eigenvalue weighted by Gasteiger charge is -2.35. The summed E-state index contributed by atoms with van der Waals surface area (Å²) in [5, 5.41) is 3.44. The fraction of sp³-hybridized carbons (Fsp3) is 0.550. The molecule has 0 aromatic carbocycles. The second-order valence-corrected chi connectivity index (χ2v) is 7.05. The van der Waals surface area contributed by atoms with Crippen LogP contribution < -0.4 is 10.2 Å². The van der Waals surface area contributed by atoms with E-state index in [0.29, 0.717) is 6.10 Å². The highest BCUT2D eigenvalue weighted by Gasteiger charge is 2.26. The summed E-state index contributed by atoms with van der Waals surface area (Å²) in [5.41, 5.74) is 3.39. The molecule has 1 fully saturated rings. The van der Waals surface area contributed by atoms with Crippen molar-refractivity contribution in [1.29, 1.82) is 0 Å². The third kappa shape index (κ3) is 3.71. The molecule has 6 nitrogen and oxygen atoms in total. The van der Waals surface area contributed by atoms with Crippen molar-refractivity contribution in [3.05, 3.63) is 35.8 Å². The molecule has 0 amide bonds. The maximum absolute atomic E-state index is 6.04. The Balaban J connectivity index is 1.67.